The van der Waals surface area contributed by atoms with Crippen molar-refractivity contribution in [2.24, 2.45) is 5.41 Å². The van der Waals surface area contributed by atoms with Gasteiger partial charge in [0, 0.05) is 23.1 Å². The fourth-order valence-corrected chi connectivity index (χ4v) is 3.24. The average Bonchev–Trinajstić information content (AvgIpc) is 2.97. The van der Waals surface area contributed by atoms with Gasteiger partial charge >= 0.3 is 0 Å². The summed E-state index contributed by atoms with van der Waals surface area (Å²) in [6, 6.07) is 12.2. The summed E-state index contributed by atoms with van der Waals surface area (Å²) in [5, 5.41) is 14.6. The second-order valence-electron chi connectivity index (χ2n) is 6.68. The lowest BCUT2D eigenvalue weighted by Gasteiger charge is -2.18. The maximum absolute atomic E-state index is 12.4. The number of carbonyl (C=O) groups excluding carboxylic acids is 1. The van der Waals surface area contributed by atoms with Crippen LogP contribution in [0.25, 0.3) is 20.8 Å². The normalized spacial score (nSPS) is 11.5. The van der Waals surface area contributed by atoms with E-state index in [1.54, 1.807) is 26.8 Å². The van der Waals surface area contributed by atoms with Crippen LogP contribution < -0.4 is 5.32 Å². The third-order valence-electron chi connectivity index (χ3n) is 3.67. The summed E-state index contributed by atoms with van der Waals surface area (Å²) in [6.07, 6.45) is 0. The largest absolute Gasteiger partial charge is 0.325 e. The molecule has 0 aliphatic rings. The molecule has 0 aliphatic carbocycles. The van der Waals surface area contributed by atoms with E-state index >= 15 is 0 Å². The summed E-state index contributed by atoms with van der Waals surface area (Å²) < 4.78 is 1.02. The first-order chi connectivity index (χ1) is 11.8. The molecule has 0 spiro atoms. The highest BCUT2D eigenvalue weighted by Crippen LogP contribution is 2.37. The molecule has 1 N–H and O–H groups in total. The Morgan fingerprint density at radius 3 is 2.56 bits per heavy atom. The van der Waals surface area contributed by atoms with Gasteiger partial charge in [0.15, 0.2) is 0 Å². The molecule has 0 saturated heterocycles. The zero-order chi connectivity index (χ0) is 18.2. The number of nitrogens with one attached hydrogen (secondary N) is 1. The predicted octanol–water partition coefficient (Wildman–Crippen LogP) is 4.86. The first kappa shape index (κ1) is 17.0. The number of para-hydroxylation sites is 1. The fraction of sp³-hybridized carbons (Fsp3) is 0.222. The number of rotatable bonds is 3. The molecule has 0 fully saturated rings. The zero-order valence-corrected chi connectivity index (χ0v) is 14.9. The molecule has 1 heterocycles. The van der Waals surface area contributed by atoms with E-state index in [4.69, 9.17) is 0 Å². The van der Waals surface area contributed by atoms with Crippen LogP contribution in [0.1, 0.15) is 20.8 Å². The smallest absolute Gasteiger partial charge is 0.271 e. The molecule has 6 nitrogen and oxygen atoms in total. The van der Waals surface area contributed by atoms with E-state index in [0.29, 0.717) is 16.3 Å². The Balaban J connectivity index is 2.11. The van der Waals surface area contributed by atoms with E-state index in [2.05, 4.69) is 10.3 Å². The van der Waals surface area contributed by atoms with Crippen LogP contribution in [0, 0.1) is 15.5 Å². The van der Waals surface area contributed by atoms with Crippen molar-refractivity contribution in [2.75, 3.05) is 5.32 Å². The van der Waals surface area contributed by atoms with Crippen LogP contribution in [-0.2, 0) is 4.79 Å². The second kappa shape index (κ2) is 6.25. The molecule has 0 aliphatic heterocycles. The summed E-state index contributed by atoms with van der Waals surface area (Å²) in [4.78, 5) is 27.6. The molecule has 1 amide bonds. The number of nitrogens with zero attached hydrogens (tertiary/aromatic N) is 2. The van der Waals surface area contributed by atoms with Crippen molar-refractivity contribution in [1.29, 1.82) is 0 Å². The molecule has 128 valence electrons. The number of nitro benzene ring substituents is 1. The van der Waals surface area contributed by atoms with Crippen molar-refractivity contribution >= 4 is 38.8 Å². The van der Waals surface area contributed by atoms with E-state index in [1.807, 2.05) is 24.3 Å². The number of benzene rings is 2. The van der Waals surface area contributed by atoms with Crippen LogP contribution in [0.4, 0.5) is 11.4 Å². The number of non-ortho nitro benzene ring substituents is 1. The highest BCUT2D eigenvalue weighted by Gasteiger charge is 2.24. The highest BCUT2D eigenvalue weighted by atomic mass is 32.1. The lowest BCUT2D eigenvalue weighted by atomic mass is 9.95. The van der Waals surface area contributed by atoms with Crippen molar-refractivity contribution in [2.45, 2.75) is 20.8 Å². The van der Waals surface area contributed by atoms with Gasteiger partial charge in [-0.2, -0.15) is 0 Å². The van der Waals surface area contributed by atoms with Gasteiger partial charge in [0.05, 0.1) is 20.8 Å². The van der Waals surface area contributed by atoms with E-state index < -0.39 is 10.3 Å². The van der Waals surface area contributed by atoms with Crippen molar-refractivity contribution in [3.63, 3.8) is 0 Å². The lowest BCUT2D eigenvalue weighted by molar-refractivity contribution is -0.384. The molecule has 0 saturated carbocycles. The molecule has 0 atom stereocenters. The Bertz CT molecular complexity index is 940. The lowest BCUT2D eigenvalue weighted by Crippen LogP contribution is -2.27. The monoisotopic (exact) mass is 355 g/mol. The van der Waals surface area contributed by atoms with Crippen LogP contribution in [0.3, 0.4) is 0 Å². The van der Waals surface area contributed by atoms with Crippen molar-refractivity contribution < 1.29 is 9.72 Å². The molecule has 7 heteroatoms. The molecule has 1 aromatic heterocycles. The Morgan fingerprint density at radius 2 is 1.92 bits per heavy atom. The van der Waals surface area contributed by atoms with Gasteiger partial charge in [-0.05, 0) is 18.2 Å². The summed E-state index contributed by atoms with van der Waals surface area (Å²) in [6.45, 7) is 5.37. The summed E-state index contributed by atoms with van der Waals surface area (Å²) in [5.74, 6) is -0.213. The van der Waals surface area contributed by atoms with Crippen LogP contribution in [0.5, 0.6) is 0 Å². The minimum absolute atomic E-state index is 0.0749. The molecule has 3 aromatic rings. The van der Waals surface area contributed by atoms with Gasteiger partial charge in [-0.25, -0.2) is 4.98 Å². The van der Waals surface area contributed by atoms with Gasteiger partial charge in [-0.1, -0.05) is 32.9 Å². The fourth-order valence-electron chi connectivity index (χ4n) is 2.23. The quantitative estimate of drug-likeness (QED) is 0.537. The number of nitro groups is 1. The van der Waals surface area contributed by atoms with Gasteiger partial charge < -0.3 is 5.32 Å². The third kappa shape index (κ3) is 3.51. The van der Waals surface area contributed by atoms with Crippen molar-refractivity contribution in [3.05, 3.63) is 52.6 Å². The number of hydrogen-bond donors (Lipinski definition) is 1. The number of thiazole rings is 1. The highest BCUT2D eigenvalue weighted by molar-refractivity contribution is 7.21. The molecular weight excluding hydrogens is 338 g/mol. The summed E-state index contributed by atoms with van der Waals surface area (Å²) >= 11 is 1.48. The first-order valence-corrected chi connectivity index (χ1v) is 8.53. The molecule has 0 unspecified atom stereocenters. The van der Waals surface area contributed by atoms with Gasteiger partial charge in [0.25, 0.3) is 5.69 Å². The van der Waals surface area contributed by atoms with Crippen LogP contribution in [0.15, 0.2) is 42.5 Å². The summed E-state index contributed by atoms with van der Waals surface area (Å²) in [7, 11) is 0. The maximum Gasteiger partial charge on any atom is 0.271 e. The predicted molar refractivity (Wildman–Crippen MR) is 99.8 cm³/mol. The number of carbonyl (C=O) groups is 1. The van der Waals surface area contributed by atoms with E-state index in [0.717, 1.165) is 10.2 Å². The van der Waals surface area contributed by atoms with E-state index in [-0.39, 0.29) is 11.6 Å². The van der Waals surface area contributed by atoms with Crippen molar-refractivity contribution in [3.8, 4) is 10.6 Å². The molecule has 2 aromatic carbocycles. The number of amides is 1. The molecular formula is C18H17N3O3S. The van der Waals surface area contributed by atoms with E-state index in [9.17, 15) is 14.9 Å². The number of fused-ring (bicyclic) bond motifs is 1. The molecule has 3 rings (SSSR count). The maximum atomic E-state index is 12.4. The standard InChI is InChI=1S/C18H17N3O3S/c1-18(2,3)17(22)20-14-10-11(21(23)24)8-9-12(14)16-19-13-6-4-5-7-15(13)25-16/h4-10H,1-3H3,(H,20,22). The van der Waals surface area contributed by atoms with Gasteiger partial charge in [0.2, 0.25) is 5.91 Å². The Hall–Kier alpha value is -2.80. The number of aromatic nitrogens is 1. The van der Waals surface area contributed by atoms with Gasteiger partial charge in [-0.3, -0.25) is 14.9 Å². The average molecular weight is 355 g/mol. The summed E-state index contributed by atoms with van der Waals surface area (Å²) in [5.41, 5.74) is 1.23. The number of anilines is 1. The third-order valence-corrected chi connectivity index (χ3v) is 4.74. The van der Waals surface area contributed by atoms with Crippen LogP contribution in [0.2, 0.25) is 0 Å². The minimum Gasteiger partial charge on any atom is -0.325 e. The topological polar surface area (TPSA) is 85.1 Å². The van der Waals surface area contributed by atoms with Crippen molar-refractivity contribution in [1.82, 2.24) is 4.98 Å². The molecule has 25 heavy (non-hydrogen) atoms. The first-order valence-electron chi connectivity index (χ1n) is 7.71. The Morgan fingerprint density at radius 1 is 1.20 bits per heavy atom. The van der Waals surface area contributed by atoms with E-state index in [1.165, 1.54) is 23.5 Å². The molecule has 0 radical (unpaired) electrons. The molecule has 0 bridgehead atoms. The second-order valence-corrected chi connectivity index (χ2v) is 7.71. The van der Waals surface area contributed by atoms with Crippen LogP contribution in [-0.4, -0.2) is 15.8 Å². The van der Waals surface area contributed by atoms with Crippen LogP contribution >= 0.6 is 11.3 Å². The zero-order valence-electron chi connectivity index (χ0n) is 14.1. The van der Waals surface area contributed by atoms with Gasteiger partial charge in [-0.15, -0.1) is 11.3 Å². The number of hydrogen-bond acceptors (Lipinski definition) is 5. The van der Waals surface area contributed by atoms with Gasteiger partial charge in [0.1, 0.15) is 5.01 Å². The Labute approximate surface area is 148 Å². The minimum atomic E-state index is -0.616. The Kier molecular flexibility index (Phi) is 4.26. The SMILES string of the molecule is CC(C)(C)C(=O)Nc1cc([N+](=O)[O-])ccc1-c1nc2ccccc2s1.